The van der Waals surface area contributed by atoms with Gasteiger partial charge in [-0.05, 0) is 23.6 Å². The Hall–Kier alpha value is -3.29. The number of aromatic hydroxyl groups is 2. The maximum atomic E-state index is 10.1. The van der Waals surface area contributed by atoms with Crippen molar-refractivity contribution in [2.75, 3.05) is 0 Å². The van der Waals surface area contributed by atoms with Gasteiger partial charge in [0.15, 0.2) is 12.0 Å². The number of fused-ring (bicyclic) bond motifs is 2. The minimum absolute atomic E-state index is 0.0240. The number of azo groups is 1. The normalized spacial score (nSPS) is 22.3. The van der Waals surface area contributed by atoms with Crippen LogP contribution in [0, 0.1) is 0 Å². The molecule has 0 spiro atoms. The Labute approximate surface area is 130 Å². The summed E-state index contributed by atoms with van der Waals surface area (Å²) in [5.41, 5.74) is 0.277. The van der Waals surface area contributed by atoms with Gasteiger partial charge in [-0.2, -0.15) is 0 Å². The van der Waals surface area contributed by atoms with Gasteiger partial charge in [-0.25, -0.2) is 15.0 Å². The van der Waals surface area contributed by atoms with Gasteiger partial charge in [0.05, 0.1) is 6.34 Å². The summed E-state index contributed by atoms with van der Waals surface area (Å²) in [6.45, 7) is 0. The molecule has 2 aliphatic heterocycles. The number of amidine groups is 1. The van der Waals surface area contributed by atoms with Crippen molar-refractivity contribution in [3.8, 4) is 11.5 Å². The van der Waals surface area contributed by atoms with Crippen LogP contribution in [0.3, 0.4) is 0 Å². The molecule has 0 aliphatic carbocycles. The lowest BCUT2D eigenvalue weighted by Gasteiger charge is -2.16. The average Bonchev–Trinajstić information content (AvgIpc) is 3.03. The van der Waals surface area contributed by atoms with E-state index in [1.54, 1.807) is 24.5 Å². The summed E-state index contributed by atoms with van der Waals surface area (Å²) in [5.74, 6) is 0.496. The molecule has 8 heteroatoms. The third kappa shape index (κ3) is 2.30. The van der Waals surface area contributed by atoms with Gasteiger partial charge < -0.3 is 15.5 Å². The van der Waals surface area contributed by atoms with Crippen LogP contribution < -0.4 is 5.32 Å². The Balaban J connectivity index is 1.75. The van der Waals surface area contributed by atoms with Crippen LogP contribution in [-0.2, 0) is 0 Å². The monoisotopic (exact) mass is 308 g/mol. The molecular formula is C15H12N6O2. The van der Waals surface area contributed by atoms with Crippen molar-refractivity contribution in [1.82, 2.24) is 5.32 Å². The largest absolute Gasteiger partial charge is 0.508 e. The van der Waals surface area contributed by atoms with E-state index in [9.17, 15) is 10.2 Å². The number of hydrogen-bond acceptors (Lipinski definition) is 8. The molecular weight excluding hydrogens is 296 g/mol. The Morgan fingerprint density at radius 3 is 2.83 bits per heavy atom. The zero-order chi connectivity index (χ0) is 15.8. The fourth-order valence-corrected chi connectivity index (χ4v) is 2.52. The van der Waals surface area contributed by atoms with Crippen molar-refractivity contribution in [2.24, 2.45) is 25.2 Å². The first-order valence-electron chi connectivity index (χ1n) is 6.96. The number of hydrogen-bond donors (Lipinski definition) is 3. The molecule has 4 rings (SSSR count). The molecule has 2 aliphatic rings. The molecule has 0 fully saturated rings. The van der Waals surface area contributed by atoms with Crippen molar-refractivity contribution in [1.29, 1.82) is 0 Å². The highest BCUT2D eigenvalue weighted by atomic mass is 16.3. The summed E-state index contributed by atoms with van der Waals surface area (Å²) >= 11 is 0. The first-order valence-corrected chi connectivity index (χ1v) is 6.96. The van der Waals surface area contributed by atoms with E-state index < -0.39 is 0 Å². The zero-order valence-corrected chi connectivity index (χ0v) is 11.8. The van der Waals surface area contributed by atoms with Gasteiger partial charge in [0.2, 0.25) is 0 Å². The SMILES string of the molecule is Oc1ccc2ccc(O)c(N=NC3=NC=NC4N=CNC34)c2c1. The van der Waals surface area contributed by atoms with Gasteiger partial charge in [-0.1, -0.05) is 12.1 Å². The van der Waals surface area contributed by atoms with E-state index >= 15 is 0 Å². The number of phenols is 2. The highest BCUT2D eigenvalue weighted by molar-refractivity contribution is 5.99. The summed E-state index contributed by atoms with van der Waals surface area (Å²) in [5, 5.41) is 32.5. The molecule has 0 saturated heterocycles. The topological polar surface area (TPSA) is 114 Å². The predicted octanol–water partition coefficient (Wildman–Crippen LogP) is 2.10. The summed E-state index contributed by atoms with van der Waals surface area (Å²) in [7, 11) is 0. The molecule has 0 radical (unpaired) electrons. The minimum atomic E-state index is -0.286. The van der Waals surface area contributed by atoms with E-state index in [0.717, 1.165) is 5.39 Å². The van der Waals surface area contributed by atoms with Crippen LogP contribution >= 0.6 is 0 Å². The first kappa shape index (κ1) is 13.4. The van der Waals surface area contributed by atoms with E-state index in [1.807, 2.05) is 0 Å². The lowest BCUT2D eigenvalue weighted by molar-refractivity contribution is 0.475. The molecule has 0 bridgehead atoms. The van der Waals surface area contributed by atoms with Crippen LogP contribution in [0.5, 0.6) is 11.5 Å². The summed E-state index contributed by atoms with van der Waals surface area (Å²) in [6, 6.07) is 7.89. The van der Waals surface area contributed by atoms with Crippen LogP contribution in [0.25, 0.3) is 10.8 Å². The van der Waals surface area contributed by atoms with Gasteiger partial charge in [-0.15, -0.1) is 10.2 Å². The summed E-state index contributed by atoms with van der Waals surface area (Å²) < 4.78 is 0. The number of phenolic OH excluding ortho intramolecular Hbond substituents is 2. The van der Waals surface area contributed by atoms with Crippen molar-refractivity contribution >= 4 is 35.0 Å². The van der Waals surface area contributed by atoms with Gasteiger partial charge in [-0.3, -0.25) is 0 Å². The molecule has 3 N–H and O–H groups in total. The number of benzene rings is 2. The van der Waals surface area contributed by atoms with Crippen molar-refractivity contribution < 1.29 is 10.2 Å². The molecule has 0 amide bonds. The number of aliphatic imine (C=N–C) groups is 3. The standard InChI is InChI=1S/C15H12N6O2/c22-9-3-1-8-2-4-11(23)12(10(8)5-9)20-21-15-13-14(17-6-16-13)18-7-19-15/h1-7,13-14,22-23H,(H,16,17). The lowest BCUT2D eigenvalue weighted by Crippen LogP contribution is -2.39. The van der Waals surface area contributed by atoms with Gasteiger partial charge in [0, 0.05) is 5.39 Å². The smallest absolute Gasteiger partial charge is 0.179 e. The van der Waals surface area contributed by atoms with E-state index in [0.29, 0.717) is 11.2 Å². The second-order valence-electron chi connectivity index (χ2n) is 5.13. The van der Waals surface area contributed by atoms with E-state index in [4.69, 9.17) is 0 Å². The molecule has 2 atom stereocenters. The van der Waals surface area contributed by atoms with E-state index in [-0.39, 0.29) is 29.4 Å². The van der Waals surface area contributed by atoms with Crippen molar-refractivity contribution in [3.05, 3.63) is 30.3 Å². The second-order valence-corrected chi connectivity index (χ2v) is 5.13. The van der Waals surface area contributed by atoms with Crippen molar-refractivity contribution in [3.63, 3.8) is 0 Å². The maximum absolute atomic E-state index is 10.1. The molecule has 2 aromatic rings. The number of nitrogens with one attached hydrogen (secondary N) is 1. The van der Waals surface area contributed by atoms with Gasteiger partial charge in [0.25, 0.3) is 0 Å². The molecule has 0 saturated carbocycles. The minimum Gasteiger partial charge on any atom is -0.508 e. The Morgan fingerprint density at radius 2 is 1.91 bits per heavy atom. The van der Waals surface area contributed by atoms with Gasteiger partial charge in [0.1, 0.15) is 29.6 Å². The second kappa shape index (κ2) is 5.16. The lowest BCUT2D eigenvalue weighted by atomic mass is 10.1. The average molecular weight is 308 g/mol. The fraction of sp³-hybridized carbons (Fsp3) is 0.133. The maximum Gasteiger partial charge on any atom is 0.179 e. The van der Waals surface area contributed by atoms with Crippen LogP contribution in [0.2, 0.25) is 0 Å². The molecule has 0 aromatic heterocycles. The van der Waals surface area contributed by atoms with Crippen LogP contribution in [-0.4, -0.2) is 40.9 Å². The summed E-state index contributed by atoms with van der Waals surface area (Å²) in [6.07, 6.45) is 2.68. The predicted molar refractivity (Wildman–Crippen MR) is 86.9 cm³/mol. The molecule has 2 heterocycles. The molecule has 23 heavy (non-hydrogen) atoms. The highest BCUT2D eigenvalue weighted by Gasteiger charge is 2.30. The number of nitrogens with zero attached hydrogens (tertiary/aromatic N) is 5. The third-order valence-electron chi connectivity index (χ3n) is 3.67. The molecule has 2 aromatic carbocycles. The highest BCUT2D eigenvalue weighted by Crippen LogP contribution is 2.37. The van der Waals surface area contributed by atoms with Crippen molar-refractivity contribution in [2.45, 2.75) is 12.2 Å². The molecule has 2 unspecified atom stereocenters. The zero-order valence-electron chi connectivity index (χ0n) is 11.8. The first-order chi connectivity index (χ1) is 11.2. The van der Waals surface area contributed by atoms with Gasteiger partial charge >= 0.3 is 0 Å². The summed E-state index contributed by atoms with van der Waals surface area (Å²) in [4.78, 5) is 12.4. The van der Waals surface area contributed by atoms with Crippen LogP contribution in [0.1, 0.15) is 0 Å². The van der Waals surface area contributed by atoms with Crippen LogP contribution in [0.15, 0.2) is 55.5 Å². The molecule has 114 valence electrons. The Morgan fingerprint density at radius 1 is 1.04 bits per heavy atom. The fourth-order valence-electron chi connectivity index (χ4n) is 2.52. The van der Waals surface area contributed by atoms with Crippen LogP contribution in [0.4, 0.5) is 5.69 Å². The molecule has 8 nitrogen and oxygen atoms in total. The number of rotatable bonds is 1. The van der Waals surface area contributed by atoms with E-state index in [1.165, 1.54) is 18.5 Å². The Bertz CT molecular complexity index is 897. The Kier molecular flexibility index (Phi) is 3.00. The van der Waals surface area contributed by atoms with E-state index in [2.05, 4.69) is 30.5 Å². The quantitative estimate of drug-likeness (QED) is 0.701. The third-order valence-corrected chi connectivity index (χ3v) is 3.67.